The van der Waals surface area contributed by atoms with Crippen LogP contribution < -0.4 is 4.74 Å². The van der Waals surface area contributed by atoms with Crippen LogP contribution in [-0.2, 0) is 11.3 Å². The fourth-order valence-corrected chi connectivity index (χ4v) is 3.09. The summed E-state index contributed by atoms with van der Waals surface area (Å²) >= 11 is 0. The molecular formula is C23H26N4O3. The van der Waals surface area contributed by atoms with Gasteiger partial charge in [-0.3, -0.25) is 0 Å². The lowest BCUT2D eigenvalue weighted by molar-refractivity contribution is 0.0520. The van der Waals surface area contributed by atoms with Crippen LogP contribution in [0, 0.1) is 18.3 Å². The standard InChI is InChI=1S/C23H26N4O3/c1-14(2)18-11-16(12-24)15(3)10-20(18)29-13-19-17-8-7-9-25-21(17)27(26-19)22(28)30-23(4,5)6/h7-11,14H,13H2,1-6H3. The number of hydrogen-bond acceptors (Lipinski definition) is 6. The molecule has 2 heterocycles. The summed E-state index contributed by atoms with van der Waals surface area (Å²) in [5.41, 5.74) is 2.79. The fraction of sp³-hybridized carbons (Fsp3) is 0.391. The second kappa shape index (κ2) is 8.15. The summed E-state index contributed by atoms with van der Waals surface area (Å²) in [6.45, 7) is 11.5. The number of carbonyl (C=O) groups is 1. The predicted molar refractivity (Wildman–Crippen MR) is 113 cm³/mol. The topological polar surface area (TPSA) is 90.0 Å². The third kappa shape index (κ3) is 4.43. The predicted octanol–water partition coefficient (Wildman–Crippen LogP) is 5.10. The van der Waals surface area contributed by atoms with E-state index in [2.05, 4.69) is 30.0 Å². The summed E-state index contributed by atoms with van der Waals surface area (Å²) in [4.78, 5) is 16.9. The van der Waals surface area contributed by atoms with Crippen LogP contribution in [0.1, 0.15) is 62.9 Å². The highest BCUT2D eigenvalue weighted by molar-refractivity contribution is 5.87. The monoisotopic (exact) mass is 406 g/mol. The van der Waals surface area contributed by atoms with E-state index in [9.17, 15) is 10.1 Å². The number of pyridine rings is 1. The Morgan fingerprint density at radius 2 is 2.03 bits per heavy atom. The van der Waals surface area contributed by atoms with Crippen molar-refractivity contribution in [2.75, 3.05) is 0 Å². The normalized spacial score (nSPS) is 11.5. The van der Waals surface area contributed by atoms with Gasteiger partial charge in [-0.1, -0.05) is 13.8 Å². The molecule has 156 valence electrons. The Kier molecular flexibility index (Phi) is 5.79. The smallest absolute Gasteiger partial charge is 0.437 e. The van der Waals surface area contributed by atoms with Gasteiger partial charge in [-0.25, -0.2) is 9.78 Å². The second-order valence-corrected chi connectivity index (χ2v) is 8.47. The van der Waals surface area contributed by atoms with Crippen LogP contribution in [0.2, 0.25) is 0 Å². The number of nitrogens with zero attached hydrogens (tertiary/aromatic N) is 4. The molecule has 2 aromatic heterocycles. The average molecular weight is 406 g/mol. The molecule has 0 amide bonds. The Labute approximate surface area is 176 Å². The quantitative estimate of drug-likeness (QED) is 0.599. The fourth-order valence-electron chi connectivity index (χ4n) is 3.09. The van der Waals surface area contributed by atoms with Crippen LogP contribution in [0.3, 0.4) is 0 Å². The number of hydrogen-bond donors (Lipinski definition) is 0. The number of rotatable bonds is 4. The van der Waals surface area contributed by atoms with Gasteiger partial charge in [0.1, 0.15) is 23.7 Å². The zero-order valence-corrected chi connectivity index (χ0v) is 18.2. The molecule has 7 nitrogen and oxygen atoms in total. The Morgan fingerprint density at radius 1 is 1.30 bits per heavy atom. The van der Waals surface area contributed by atoms with Crippen molar-refractivity contribution in [2.45, 2.75) is 59.7 Å². The van der Waals surface area contributed by atoms with Gasteiger partial charge in [0.2, 0.25) is 0 Å². The number of fused-ring (bicyclic) bond motifs is 1. The Balaban J connectivity index is 1.95. The van der Waals surface area contributed by atoms with Crippen LogP contribution in [0.25, 0.3) is 11.0 Å². The molecule has 0 radical (unpaired) electrons. The maximum atomic E-state index is 12.6. The first kappa shape index (κ1) is 21.3. The summed E-state index contributed by atoms with van der Waals surface area (Å²) in [5, 5.41) is 14.5. The van der Waals surface area contributed by atoms with Gasteiger partial charge in [0, 0.05) is 11.6 Å². The number of aryl methyl sites for hydroxylation is 1. The minimum atomic E-state index is -0.646. The zero-order valence-electron chi connectivity index (χ0n) is 18.2. The first-order chi connectivity index (χ1) is 14.1. The maximum Gasteiger partial charge on any atom is 0.437 e. The second-order valence-electron chi connectivity index (χ2n) is 8.47. The van der Waals surface area contributed by atoms with Crippen molar-refractivity contribution in [3.05, 3.63) is 52.8 Å². The largest absolute Gasteiger partial charge is 0.487 e. The lowest BCUT2D eigenvalue weighted by Crippen LogP contribution is -2.28. The summed E-state index contributed by atoms with van der Waals surface area (Å²) in [6, 6.07) is 9.60. The van der Waals surface area contributed by atoms with Crippen molar-refractivity contribution in [1.29, 1.82) is 5.26 Å². The summed E-state index contributed by atoms with van der Waals surface area (Å²) in [7, 11) is 0. The van der Waals surface area contributed by atoms with E-state index in [0.717, 1.165) is 16.5 Å². The first-order valence-corrected chi connectivity index (χ1v) is 9.84. The van der Waals surface area contributed by atoms with E-state index in [1.807, 2.05) is 25.1 Å². The van der Waals surface area contributed by atoms with Crippen molar-refractivity contribution in [1.82, 2.24) is 14.8 Å². The van der Waals surface area contributed by atoms with Crippen molar-refractivity contribution in [3.8, 4) is 11.8 Å². The molecule has 0 atom stereocenters. The number of benzene rings is 1. The highest BCUT2D eigenvalue weighted by Gasteiger charge is 2.23. The Hall–Kier alpha value is -3.40. The minimum Gasteiger partial charge on any atom is -0.487 e. The molecule has 0 aliphatic carbocycles. The van der Waals surface area contributed by atoms with Gasteiger partial charge in [0.25, 0.3) is 0 Å². The summed E-state index contributed by atoms with van der Waals surface area (Å²) < 4.78 is 12.7. The van der Waals surface area contributed by atoms with Gasteiger partial charge in [-0.15, -0.1) is 4.68 Å². The van der Waals surface area contributed by atoms with Crippen molar-refractivity contribution >= 4 is 17.1 Å². The molecule has 0 aliphatic heterocycles. The van der Waals surface area contributed by atoms with E-state index in [1.165, 1.54) is 4.68 Å². The zero-order chi connectivity index (χ0) is 22.1. The maximum absolute atomic E-state index is 12.6. The number of aromatic nitrogens is 3. The molecule has 30 heavy (non-hydrogen) atoms. The lowest BCUT2D eigenvalue weighted by atomic mass is 9.97. The summed E-state index contributed by atoms with van der Waals surface area (Å²) in [6.07, 6.45) is 1.02. The lowest BCUT2D eigenvalue weighted by Gasteiger charge is -2.18. The molecular weight excluding hydrogens is 380 g/mol. The highest BCUT2D eigenvalue weighted by Crippen LogP contribution is 2.31. The molecule has 0 saturated heterocycles. The average Bonchev–Trinajstić information content (AvgIpc) is 3.04. The molecule has 3 rings (SSSR count). The molecule has 0 spiro atoms. The molecule has 0 N–H and O–H groups in total. The van der Waals surface area contributed by atoms with Crippen LogP contribution in [0.15, 0.2) is 30.5 Å². The Bertz CT molecular complexity index is 1130. The van der Waals surface area contributed by atoms with E-state index in [-0.39, 0.29) is 12.5 Å². The highest BCUT2D eigenvalue weighted by atomic mass is 16.6. The molecule has 1 aromatic carbocycles. The number of carbonyl (C=O) groups excluding carboxylic acids is 1. The van der Waals surface area contributed by atoms with Crippen LogP contribution in [0.4, 0.5) is 4.79 Å². The van der Waals surface area contributed by atoms with Gasteiger partial charge in [-0.2, -0.15) is 10.4 Å². The molecule has 0 fully saturated rings. The van der Waals surface area contributed by atoms with Gasteiger partial charge in [-0.05, 0) is 69.0 Å². The third-order valence-electron chi connectivity index (χ3n) is 4.55. The van der Waals surface area contributed by atoms with Crippen LogP contribution in [0.5, 0.6) is 5.75 Å². The SMILES string of the molecule is Cc1cc(OCc2nn(C(=O)OC(C)(C)C)c3ncccc23)c(C(C)C)cc1C#N. The van der Waals surface area contributed by atoms with Crippen LogP contribution >= 0.6 is 0 Å². The molecule has 0 aliphatic rings. The van der Waals surface area contributed by atoms with Gasteiger partial charge >= 0.3 is 6.09 Å². The molecule has 0 unspecified atom stereocenters. The number of nitriles is 1. The van der Waals surface area contributed by atoms with E-state index < -0.39 is 11.7 Å². The number of ether oxygens (including phenoxy) is 2. The molecule has 7 heteroatoms. The van der Waals surface area contributed by atoms with Gasteiger partial charge in [0.15, 0.2) is 5.65 Å². The van der Waals surface area contributed by atoms with Crippen molar-refractivity contribution < 1.29 is 14.3 Å². The molecule has 3 aromatic rings. The van der Waals surface area contributed by atoms with E-state index >= 15 is 0 Å². The van der Waals surface area contributed by atoms with E-state index in [0.29, 0.717) is 22.7 Å². The summed E-state index contributed by atoms with van der Waals surface area (Å²) in [5.74, 6) is 0.885. The van der Waals surface area contributed by atoms with Gasteiger partial charge < -0.3 is 9.47 Å². The minimum absolute atomic E-state index is 0.156. The third-order valence-corrected chi connectivity index (χ3v) is 4.55. The van der Waals surface area contributed by atoms with Crippen molar-refractivity contribution in [3.63, 3.8) is 0 Å². The molecule has 0 bridgehead atoms. The van der Waals surface area contributed by atoms with Gasteiger partial charge in [0.05, 0.1) is 11.6 Å². The van der Waals surface area contributed by atoms with Crippen molar-refractivity contribution in [2.24, 2.45) is 0 Å². The first-order valence-electron chi connectivity index (χ1n) is 9.84. The molecule has 0 saturated carbocycles. The van der Waals surface area contributed by atoms with E-state index in [4.69, 9.17) is 9.47 Å². The van der Waals surface area contributed by atoms with Crippen LogP contribution in [-0.4, -0.2) is 26.5 Å². The Morgan fingerprint density at radius 3 is 2.67 bits per heavy atom. The van der Waals surface area contributed by atoms with E-state index in [1.54, 1.807) is 33.0 Å².